The van der Waals surface area contributed by atoms with Gasteiger partial charge in [-0.3, -0.25) is 10.1 Å². The summed E-state index contributed by atoms with van der Waals surface area (Å²) in [5.74, 6) is 0.638. The van der Waals surface area contributed by atoms with Gasteiger partial charge in [0.15, 0.2) is 5.96 Å². The summed E-state index contributed by atoms with van der Waals surface area (Å²) in [6.45, 7) is 5.65. The van der Waals surface area contributed by atoms with E-state index in [0.29, 0.717) is 24.6 Å². The van der Waals surface area contributed by atoms with E-state index in [4.69, 9.17) is 0 Å². The molecule has 0 aliphatic rings. The van der Waals surface area contributed by atoms with Gasteiger partial charge in [-0.2, -0.15) is 0 Å². The molecule has 2 rings (SSSR count). The molecular formula is C18H23IN4O2. The van der Waals surface area contributed by atoms with E-state index in [-0.39, 0.29) is 34.6 Å². The van der Waals surface area contributed by atoms with Gasteiger partial charge in [0.05, 0.1) is 11.5 Å². The van der Waals surface area contributed by atoms with Crippen molar-refractivity contribution < 1.29 is 4.92 Å². The van der Waals surface area contributed by atoms with Gasteiger partial charge in [0, 0.05) is 24.7 Å². The van der Waals surface area contributed by atoms with Crippen LogP contribution < -0.4 is 10.6 Å². The molecule has 0 spiro atoms. The Labute approximate surface area is 164 Å². The highest BCUT2D eigenvalue weighted by atomic mass is 127. The molecule has 2 N–H and O–H groups in total. The summed E-state index contributed by atoms with van der Waals surface area (Å²) in [6.07, 6.45) is 0. The predicted octanol–water partition coefficient (Wildman–Crippen LogP) is 3.78. The van der Waals surface area contributed by atoms with Gasteiger partial charge in [0.1, 0.15) is 0 Å². The molecule has 0 atom stereocenters. The Morgan fingerprint density at radius 2 is 1.72 bits per heavy atom. The first-order valence-corrected chi connectivity index (χ1v) is 7.90. The molecule has 7 heteroatoms. The van der Waals surface area contributed by atoms with E-state index in [1.165, 1.54) is 11.6 Å². The van der Waals surface area contributed by atoms with Crippen LogP contribution >= 0.6 is 24.0 Å². The zero-order chi connectivity index (χ0) is 17.4. The number of nitro groups is 1. The Morgan fingerprint density at radius 3 is 2.36 bits per heavy atom. The highest BCUT2D eigenvalue weighted by Gasteiger charge is 2.12. The average molecular weight is 454 g/mol. The molecule has 0 saturated heterocycles. The largest absolute Gasteiger partial charge is 0.357 e. The minimum atomic E-state index is -0.367. The van der Waals surface area contributed by atoms with Crippen molar-refractivity contribution in [1.82, 2.24) is 10.6 Å². The SMILES string of the molecule is CCNC(=NCc1ccccc1C)NCc1ccccc1[N+](=O)[O-].I. The molecule has 0 fully saturated rings. The van der Waals surface area contributed by atoms with Crippen LogP contribution in [-0.4, -0.2) is 17.4 Å². The lowest BCUT2D eigenvalue weighted by Crippen LogP contribution is -2.36. The first kappa shape index (κ1) is 20.9. The Bertz CT molecular complexity index is 735. The van der Waals surface area contributed by atoms with Crippen LogP contribution in [0.5, 0.6) is 0 Å². The number of para-hydroxylation sites is 1. The van der Waals surface area contributed by atoms with Crippen molar-refractivity contribution in [2.45, 2.75) is 26.9 Å². The average Bonchev–Trinajstić information content (AvgIpc) is 2.58. The molecule has 134 valence electrons. The molecule has 0 bridgehead atoms. The number of benzene rings is 2. The van der Waals surface area contributed by atoms with Crippen molar-refractivity contribution in [1.29, 1.82) is 0 Å². The van der Waals surface area contributed by atoms with Gasteiger partial charge in [-0.1, -0.05) is 42.5 Å². The second-order valence-electron chi connectivity index (χ2n) is 5.36. The Kier molecular flexibility index (Phi) is 8.90. The van der Waals surface area contributed by atoms with E-state index in [1.54, 1.807) is 18.2 Å². The summed E-state index contributed by atoms with van der Waals surface area (Å²) in [7, 11) is 0. The number of guanidine groups is 1. The Hall–Kier alpha value is -2.16. The zero-order valence-electron chi connectivity index (χ0n) is 14.4. The standard InChI is InChI=1S/C18H22N4O2.HI/c1-3-19-18(20-12-15-9-5-4-8-14(15)2)21-13-16-10-6-7-11-17(16)22(23)24;/h4-11H,3,12-13H2,1-2H3,(H2,19,20,21);1H. The second kappa shape index (κ2) is 10.7. The van der Waals surface area contributed by atoms with E-state index >= 15 is 0 Å². The normalized spacial score (nSPS) is 10.7. The second-order valence-corrected chi connectivity index (χ2v) is 5.36. The van der Waals surface area contributed by atoms with Crippen LogP contribution in [0, 0.1) is 17.0 Å². The predicted molar refractivity (Wildman–Crippen MR) is 111 cm³/mol. The number of rotatable bonds is 6. The zero-order valence-corrected chi connectivity index (χ0v) is 16.7. The lowest BCUT2D eigenvalue weighted by atomic mass is 10.1. The molecule has 0 heterocycles. The van der Waals surface area contributed by atoms with Crippen LogP contribution in [0.2, 0.25) is 0 Å². The molecule has 0 aromatic heterocycles. The van der Waals surface area contributed by atoms with Crippen LogP contribution in [0.25, 0.3) is 0 Å². The molecule has 0 saturated carbocycles. The highest BCUT2D eigenvalue weighted by molar-refractivity contribution is 14.0. The lowest BCUT2D eigenvalue weighted by molar-refractivity contribution is -0.385. The number of nitrogens with one attached hydrogen (secondary N) is 2. The van der Waals surface area contributed by atoms with Crippen LogP contribution in [0.1, 0.15) is 23.6 Å². The molecule has 0 aliphatic heterocycles. The number of aliphatic imine (C=N–C) groups is 1. The highest BCUT2D eigenvalue weighted by Crippen LogP contribution is 2.17. The molecular weight excluding hydrogens is 431 g/mol. The van der Waals surface area contributed by atoms with Gasteiger partial charge in [0.2, 0.25) is 0 Å². The van der Waals surface area contributed by atoms with Crippen LogP contribution in [0.4, 0.5) is 5.69 Å². The van der Waals surface area contributed by atoms with Gasteiger partial charge in [-0.25, -0.2) is 4.99 Å². The van der Waals surface area contributed by atoms with Gasteiger partial charge in [-0.05, 0) is 25.0 Å². The maximum Gasteiger partial charge on any atom is 0.274 e. The molecule has 25 heavy (non-hydrogen) atoms. The van der Waals surface area contributed by atoms with Crippen molar-refractivity contribution in [2.24, 2.45) is 4.99 Å². The third-order valence-electron chi connectivity index (χ3n) is 3.65. The number of hydrogen-bond acceptors (Lipinski definition) is 3. The topological polar surface area (TPSA) is 79.6 Å². The fourth-order valence-electron chi connectivity index (χ4n) is 2.31. The summed E-state index contributed by atoms with van der Waals surface area (Å²) < 4.78 is 0. The number of halogens is 1. The van der Waals surface area contributed by atoms with Crippen molar-refractivity contribution in [3.05, 3.63) is 75.3 Å². The summed E-state index contributed by atoms with van der Waals surface area (Å²) in [4.78, 5) is 15.3. The lowest BCUT2D eigenvalue weighted by Gasteiger charge is -2.12. The van der Waals surface area contributed by atoms with Gasteiger partial charge >= 0.3 is 0 Å². The monoisotopic (exact) mass is 454 g/mol. The smallest absolute Gasteiger partial charge is 0.274 e. The number of hydrogen-bond donors (Lipinski definition) is 2. The van der Waals surface area contributed by atoms with Crippen LogP contribution in [-0.2, 0) is 13.1 Å². The summed E-state index contributed by atoms with van der Waals surface area (Å²) in [5, 5.41) is 17.4. The fourth-order valence-corrected chi connectivity index (χ4v) is 2.31. The molecule has 0 radical (unpaired) electrons. The summed E-state index contributed by atoms with van der Waals surface area (Å²) >= 11 is 0. The van der Waals surface area contributed by atoms with Gasteiger partial charge in [0.25, 0.3) is 5.69 Å². The first-order chi connectivity index (χ1) is 11.6. The van der Waals surface area contributed by atoms with Gasteiger partial charge < -0.3 is 10.6 Å². The Morgan fingerprint density at radius 1 is 1.08 bits per heavy atom. The molecule has 2 aromatic carbocycles. The first-order valence-electron chi connectivity index (χ1n) is 7.90. The molecule has 6 nitrogen and oxygen atoms in total. The van der Waals surface area contributed by atoms with E-state index in [1.807, 2.05) is 25.1 Å². The maximum absolute atomic E-state index is 11.1. The van der Waals surface area contributed by atoms with E-state index < -0.39 is 0 Å². The molecule has 0 aliphatic carbocycles. The van der Waals surface area contributed by atoms with E-state index in [0.717, 1.165) is 12.1 Å². The Balaban J connectivity index is 0.00000312. The van der Waals surface area contributed by atoms with Crippen molar-refractivity contribution in [3.8, 4) is 0 Å². The number of nitrogens with zero attached hydrogens (tertiary/aromatic N) is 2. The third kappa shape index (κ3) is 6.33. The molecule has 0 unspecified atom stereocenters. The fraction of sp³-hybridized carbons (Fsp3) is 0.278. The van der Waals surface area contributed by atoms with Crippen molar-refractivity contribution in [2.75, 3.05) is 6.54 Å². The van der Waals surface area contributed by atoms with Crippen molar-refractivity contribution in [3.63, 3.8) is 0 Å². The van der Waals surface area contributed by atoms with E-state index in [2.05, 4.69) is 28.6 Å². The minimum absolute atomic E-state index is 0. The third-order valence-corrected chi connectivity index (χ3v) is 3.65. The molecule has 2 aromatic rings. The maximum atomic E-state index is 11.1. The molecule has 0 amide bonds. The van der Waals surface area contributed by atoms with Crippen molar-refractivity contribution >= 4 is 35.6 Å². The number of nitro benzene ring substituents is 1. The summed E-state index contributed by atoms with van der Waals surface area (Å²) in [6, 6.07) is 14.8. The quantitative estimate of drug-likeness (QED) is 0.229. The van der Waals surface area contributed by atoms with E-state index in [9.17, 15) is 10.1 Å². The summed E-state index contributed by atoms with van der Waals surface area (Å²) in [5.41, 5.74) is 3.08. The number of aryl methyl sites for hydroxylation is 1. The van der Waals surface area contributed by atoms with Crippen LogP contribution in [0.3, 0.4) is 0 Å². The van der Waals surface area contributed by atoms with Gasteiger partial charge in [-0.15, -0.1) is 24.0 Å². The van der Waals surface area contributed by atoms with Crippen LogP contribution in [0.15, 0.2) is 53.5 Å². The minimum Gasteiger partial charge on any atom is -0.357 e.